The number of thiophene rings is 1. The standard InChI is InChI=1S/C13H13ClFNOS/c1-7-6-18-13(11(7)14)12(16)9-5-8(15)3-4-10(9)17-2/h3-6,12H,16H2,1-2H3. The lowest BCUT2D eigenvalue weighted by Crippen LogP contribution is -2.12. The van der Waals surface area contributed by atoms with Crippen LogP contribution in [0.15, 0.2) is 23.6 Å². The maximum atomic E-state index is 13.3. The summed E-state index contributed by atoms with van der Waals surface area (Å²) in [7, 11) is 1.53. The highest BCUT2D eigenvalue weighted by molar-refractivity contribution is 7.10. The van der Waals surface area contributed by atoms with Crippen LogP contribution in [-0.4, -0.2) is 7.11 Å². The van der Waals surface area contributed by atoms with Crippen LogP contribution in [0.1, 0.15) is 22.0 Å². The summed E-state index contributed by atoms with van der Waals surface area (Å²) in [5.74, 6) is 0.219. The smallest absolute Gasteiger partial charge is 0.124 e. The fourth-order valence-electron chi connectivity index (χ4n) is 1.75. The molecule has 1 aromatic carbocycles. The summed E-state index contributed by atoms with van der Waals surface area (Å²) in [5.41, 5.74) is 7.73. The molecule has 0 aliphatic rings. The highest BCUT2D eigenvalue weighted by atomic mass is 35.5. The van der Waals surface area contributed by atoms with Gasteiger partial charge in [-0.3, -0.25) is 0 Å². The zero-order valence-electron chi connectivity index (χ0n) is 10.0. The Morgan fingerprint density at radius 3 is 2.72 bits per heavy atom. The molecular weight excluding hydrogens is 273 g/mol. The largest absolute Gasteiger partial charge is 0.496 e. The molecule has 96 valence electrons. The van der Waals surface area contributed by atoms with Crippen LogP contribution in [0.3, 0.4) is 0 Å². The second kappa shape index (κ2) is 5.26. The van der Waals surface area contributed by atoms with E-state index in [1.54, 1.807) is 6.07 Å². The lowest BCUT2D eigenvalue weighted by Gasteiger charge is -2.15. The van der Waals surface area contributed by atoms with E-state index in [4.69, 9.17) is 22.1 Å². The molecule has 0 saturated carbocycles. The molecule has 0 spiro atoms. The number of methoxy groups -OCH3 is 1. The second-order valence-electron chi connectivity index (χ2n) is 3.96. The Bertz CT molecular complexity index is 570. The summed E-state index contributed by atoms with van der Waals surface area (Å²) < 4.78 is 18.5. The van der Waals surface area contributed by atoms with Gasteiger partial charge in [-0.2, -0.15) is 0 Å². The Kier molecular flexibility index (Phi) is 3.90. The summed E-state index contributed by atoms with van der Waals surface area (Å²) in [5, 5.41) is 2.57. The molecule has 1 unspecified atom stereocenters. The van der Waals surface area contributed by atoms with E-state index in [0.29, 0.717) is 16.3 Å². The summed E-state index contributed by atoms with van der Waals surface area (Å²) in [4.78, 5) is 0.818. The van der Waals surface area contributed by atoms with E-state index in [2.05, 4.69) is 0 Å². The highest BCUT2D eigenvalue weighted by Gasteiger charge is 2.20. The number of benzene rings is 1. The minimum absolute atomic E-state index is 0.342. The Labute approximate surface area is 114 Å². The molecule has 1 heterocycles. The fraction of sp³-hybridized carbons (Fsp3) is 0.231. The highest BCUT2D eigenvalue weighted by Crippen LogP contribution is 2.37. The van der Waals surface area contributed by atoms with Gasteiger partial charge in [0.05, 0.1) is 18.2 Å². The van der Waals surface area contributed by atoms with Gasteiger partial charge in [-0.05, 0) is 36.1 Å². The third kappa shape index (κ3) is 2.36. The Balaban J connectivity index is 2.48. The SMILES string of the molecule is COc1ccc(F)cc1C(N)c1scc(C)c1Cl. The number of halogens is 2. The molecule has 2 aromatic rings. The lowest BCUT2D eigenvalue weighted by molar-refractivity contribution is 0.406. The molecule has 1 atom stereocenters. The van der Waals surface area contributed by atoms with Gasteiger partial charge in [-0.25, -0.2) is 4.39 Å². The minimum atomic E-state index is -0.484. The number of nitrogens with two attached hydrogens (primary N) is 1. The van der Waals surface area contributed by atoms with Crippen molar-refractivity contribution in [1.82, 2.24) is 0 Å². The van der Waals surface area contributed by atoms with E-state index in [-0.39, 0.29) is 5.82 Å². The van der Waals surface area contributed by atoms with Crippen molar-refractivity contribution in [3.05, 3.63) is 50.4 Å². The molecule has 5 heteroatoms. The van der Waals surface area contributed by atoms with Crippen molar-refractivity contribution < 1.29 is 9.13 Å². The van der Waals surface area contributed by atoms with E-state index >= 15 is 0 Å². The Hall–Kier alpha value is -1.10. The van der Waals surface area contributed by atoms with Crippen molar-refractivity contribution in [1.29, 1.82) is 0 Å². The molecule has 2 rings (SSSR count). The Morgan fingerprint density at radius 1 is 1.44 bits per heavy atom. The summed E-state index contributed by atoms with van der Waals surface area (Å²) in [6.45, 7) is 1.91. The molecule has 0 amide bonds. The van der Waals surface area contributed by atoms with E-state index in [1.165, 1.54) is 30.6 Å². The predicted octanol–water partition coefficient (Wildman–Crippen LogP) is 3.91. The maximum absolute atomic E-state index is 13.3. The first-order valence-electron chi connectivity index (χ1n) is 5.37. The van der Waals surface area contributed by atoms with Crippen molar-refractivity contribution in [2.24, 2.45) is 5.73 Å². The van der Waals surface area contributed by atoms with Crippen LogP contribution in [0, 0.1) is 12.7 Å². The van der Waals surface area contributed by atoms with Crippen molar-refractivity contribution in [2.45, 2.75) is 13.0 Å². The molecule has 0 aliphatic heterocycles. The third-order valence-electron chi connectivity index (χ3n) is 2.73. The van der Waals surface area contributed by atoms with Crippen LogP contribution >= 0.6 is 22.9 Å². The third-order valence-corrected chi connectivity index (χ3v) is 4.53. The van der Waals surface area contributed by atoms with Crippen molar-refractivity contribution >= 4 is 22.9 Å². The predicted molar refractivity (Wildman–Crippen MR) is 73.0 cm³/mol. The molecule has 0 radical (unpaired) electrons. The molecule has 0 fully saturated rings. The number of rotatable bonds is 3. The van der Waals surface area contributed by atoms with E-state index in [9.17, 15) is 4.39 Å². The van der Waals surface area contributed by atoms with Gasteiger partial charge < -0.3 is 10.5 Å². The van der Waals surface area contributed by atoms with Crippen LogP contribution in [0.25, 0.3) is 0 Å². The van der Waals surface area contributed by atoms with E-state index in [1.807, 2.05) is 12.3 Å². The fourth-order valence-corrected chi connectivity index (χ4v) is 3.08. The molecule has 2 N–H and O–H groups in total. The normalized spacial score (nSPS) is 12.5. The van der Waals surface area contributed by atoms with Gasteiger partial charge in [0.1, 0.15) is 11.6 Å². The van der Waals surface area contributed by atoms with E-state index in [0.717, 1.165) is 10.4 Å². The van der Waals surface area contributed by atoms with Crippen LogP contribution in [0.5, 0.6) is 5.75 Å². The van der Waals surface area contributed by atoms with Crippen LogP contribution in [0.4, 0.5) is 4.39 Å². The van der Waals surface area contributed by atoms with Gasteiger partial charge >= 0.3 is 0 Å². The van der Waals surface area contributed by atoms with Gasteiger partial charge in [0.15, 0.2) is 0 Å². The number of hydrogen-bond acceptors (Lipinski definition) is 3. The number of ether oxygens (including phenoxy) is 1. The zero-order chi connectivity index (χ0) is 13.3. The average molecular weight is 286 g/mol. The quantitative estimate of drug-likeness (QED) is 0.928. The first-order valence-corrected chi connectivity index (χ1v) is 6.63. The van der Waals surface area contributed by atoms with Crippen molar-refractivity contribution in [2.75, 3.05) is 7.11 Å². The summed E-state index contributed by atoms with van der Waals surface area (Å²) in [6, 6.07) is 3.81. The zero-order valence-corrected chi connectivity index (χ0v) is 11.6. The lowest BCUT2D eigenvalue weighted by atomic mass is 10.0. The number of hydrogen-bond donors (Lipinski definition) is 1. The molecular formula is C13H13ClFNOS. The van der Waals surface area contributed by atoms with Crippen LogP contribution < -0.4 is 10.5 Å². The van der Waals surface area contributed by atoms with Crippen molar-refractivity contribution in [3.63, 3.8) is 0 Å². The molecule has 2 nitrogen and oxygen atoms in total. The summed E-state index contributed by atoms with van der Waals surface area (Å²) in [6.07, 6.45) is 0. The molecule has 0 bridgehead atoms. The van der Waals surface area contributed by atoms with Gasteiger partial charge in [-0.1, -0.05) is 11.6 Å². The maximum Gasteiger partial charge on any atom is 0.124 e. The van der Waals surface area contributed by atoms with Crippen LogP contribution in [-0.2, 0) is 0 Å². The molecule has 0 saturated heterocycles. The minimum Gasteiger partial charge on any atom is -0.496 e. The topological polar surface area (TPSA) is 35.2 Å². The van der Waals surface area contributed by atoms with Crippen molar-refractivity contribution in [3.8, 4) is 5.75 Å². The average Bonchev–Trinajstić information content (AvgIpc) is 2.69. The monoisotopic (exact) mass is 285 g/mol. The first-order chi connectivity index (χ1) is 8.54. The van der Waals surface area contributed by atoms with E-state index < -0.39 is 6.04 Å². The number of aryl methyl sites for hydroxylation is 1. The molecule has 1 aromatic heterocycles. The molecule has 18 heavy (non-hydrogen) atoms. The second-order valence-corrected chi connectivity index (χ2v) is 5.25. The van der Waals surface area contributed by atoms with Crippen LogP contribution in [0.2, 0.25) is 5.02 Å². The van der Waals surface area contributed by atoms with Gasteiger partial charge in [-0.15, -0.1) is 11.3 Å². The molecule has 0 aliphatic carbocycles. The van der Waals surface area contributed by atoms with Gasteiger partial charge in [0.25, 0.3) is 0 Å². The summed E-state index contributed by atoms with van der Waals surface area (Å²) >= 11 is 7.65. The Morgan fingerprint density at radius 2 is 2.17 bits per heavy atom. The van der Waals surface area contributed by atoms with Gasteiger partial charge in [0.2, 0.25) is 0 Å². The first kappa shape index (κ1) is 13.3. The van der Waals surface area contributed by atoms with Gasteiger partial charge in [0, 0.05) is 10.4 Å².